The van der Waals surface area contributed by atoms with E-state index in [0.29, 0.717) is 22.7 Å². The molecular formula is C18H17ClN4O3S. The minimum atomic E-state index is -0.941. The summed E-state index contributed by atoms with van der Waals surface area (Å²) in [6, 6.07) is 7.88. The second-order valence-corrected chi connectivity index (χ2v) is 7.18. The number of nitrogens with one attached hydrogen (secondary N) is 1. The number of thiophene rings is 1. The van der Waals surface area contributed by atoms with E-state index in [9.17, 15) is 14.4 Å². The first-order valence-corrected chi connectivity index (χ1v) is 9.50. The van der Waals surface area contributed by atoms with Gasteiger partial charge >= 0.3 is 0 Å². The molecule has 3 N–H and O–H groups in total. The Bertz CT molecular complexity index is 881. The lowest BCUT2D eigenvalue weighted by Crippen LogP contribution is -2.44. The molecule has 3 amide bonds. The van der Waals surface area contributed by atoms with Gasteiger partial charge in [-0.1, -0.05) is 23.7 Å². The molecule has 1 unspecified atom stereocenters. The van der Waals surface area contributed by atoms with E-state index in [1.165, 1.54) is 11.3 Å². The fourth-order valence-electron chi connectivity index (χ4n) is 2.67. The minimum absolute atomic E-state index is 0.249. The number of benzene rings is 1. The number of rotatable bonds is 6. The third-order valence-electron chi connectivity index (χ3n) is 4.04. The molecule has 0 spiro atoms. The van der Waals surface area contributed by atoms with E-state index in [4.69, 9.17) is 17.3 Å². The Morgan fingerprint density at radius 3 is 2.63 bits per heavy atom. The molecule has 0 saturated heterocycles. The largest absolute Gasteiger partial charge is 0.368 e. The molecule has 1 aromatic heterocycles. The van der Waals surface area contributed by atoms with Crippen LogP contribution in [-0.4, -0.2) is 35.0 Å². The standard InChI is InChI=1S/C18H17ClN4O3S/c19-13-3-1-11(2-4-13)14-5-6-16(25)23(22-14)9-15(24)21-17(18(20)26)12-7-8-27-10-12/h1-4,7-8,10,17H,5-6,9H2,(H2,20,26)(H,21,24). The molecule has 1 aromatic carbocycles. The quantitative estimate of drug-likeness (QED) is 0.769. The number of hydrogen-bond acceptors (Lipinski definition) is 5. The van der Waals surface area contributed by atoms with Crippen LogP contribution in [0, 0.1) is 0 Å². The van der Waals surface area contributed by atoms with E-state index in [1.807, 2.05) is 12.1 Å². The Labute approximate surface area is 164 Å². The summed E-state index contributed by atoms with van der Waals surface area (Å²) in [5, 5.41) is 12.1. The maximum absolute atomic E-state index is 12.4. The van der Waals surface area contributed by atoms with Gasteiger partial charge in [-0.25, -0.2) is 5.01 Å². The van der Waals surface area contributed by atoms with Gasteiger partial charge in [0, 0.05) is 17.9 Å². The average Bonchev–Trinajstić information content (AvgIpc) is 3.16. The lowest BCUT2D eigenvalue weighted by Gasteiger charge is -2.24. The van der Waals surface area contributed by atoms with Crippen LogP contribution in [0.3, 0.4) is 0 Å². The highest BCUT2D eigenvalue weighted by Crippen LogP contribution is 2.18. The Hall–Kier alpha value is -2.71. The van der Waals surface area contributed by atoms with Crippen LogP contribution in [0.4, 0.5) is 0 Å². The number of amides is 3. The first kappa shape index (κ1) is 19.1. The highest BCUT2D eigenvalue weighted by atomic mass is 35.5. The molecule has 27 heavy (non-hydrogen) atoms. The van der Waals surface area contributed by atoms with Crippen LogP contribution >= 0.6 is 22.9 Å². The van der Waals surface area contributed by atoms with Gasteiger partial charge in [0.05, 0.1) is 5.71 Å². The summed E-state index contributed by atoms with van der Waals surface area (Å²) in [7, 11) is 0. The van der Waals surface area contributed by atoms with Gasteiger partial charge < -0.3 is 11.1 Å². The van der Waals surface area contributed by atoms with Crippen molar-refractivity contribution in [2.24, 2.45) is 10.8 Å². The van der Waals surface area contributed by atoms with Crippen LogP contribution in [-0.2, 0) is 14.4 Å². The Kier molecular flexibility index (Phi) is 5.88. The molecule has 2 heterocycles. The predicted octanol–water partition coefficient (Wildman–Crippen LogP) is 2.07. The van der Waals surface area contributed by atoms with E-state index in [2.05, 4.69) is 10.4 Å². The third-order valence-corrected chi connectivity index (χ3v) is 5.00. The zero-order chi connectivity index (χ0) is 19.4. The summed E-state index contributed by atoms with van der Waals surface area (Å²) in [5.74, 6) is -1.44. The fourth-order valence-corrected chi connectivity index (χ4v) is 3.49. The first-order chi connectivity index (χ1) is 12.9. The molecule has 1 aliphatic rings. The molecule has 0 radical (unpaired) electrons. The summed E-state index contributed by atoms with van der Waals surface area (Å²) >= 11 is 7.29. The van der Waals surface area contributed by atoms with Crippen molar-refractivity contribution < 1.29 is 14.4 Å². The first-order valence-electron chi connectivity index (χ1n) is 8.18. The van der Waals surface area contributed by atoms with Crippen molar-refractivity contribution in [2.45, 2.75) is 18.9 Å². The number of hydrogen-bond donors (Lipinski definition) is 2. The number of carbonyl (C=O) groups excluding carboxylic acids is 3. The SMILES string of the molecule is NC(=O)C(NC(=O)CN1N=C(c2ccc(Cl)cc2)CCC1=O)c1ccsc1. The molecule has 0 saturated carbocycles. The van der Waals surface area contributed by atoms with Gasteiger partial charge in [-0.2, -0.15) is 16.4 Å². The molecule has 3 rings (SSSR count). The summed E-state index contributed by atoms with van der Waals surface area (Å²) in [6.07, 6.45) is 0.732. The smallest absolute Gasteiger partial charge is 0.244 e. The molecule has 9 heteroatoms. The summed E-state index contributed by atoms with van der Waals surface area (Å²) in [6.45, 7) is -0.288. The van der Waals surface area contributed by atoms with Crippen LogP contribution in [0.5, 0.6) is 0 Å². The van der Waals surface area contributed by atoms with E-state index in [0.717, 1.165) is 10.6 Å². The maximum atomic E-state index is 12.4. The van der Waals surface area contributed by atoms with Gasteiger partial charge in [0.25, 0.3) is 0 Å². The number of primary amides is 1. The lowest BCUT2D eigenvalue weighted by molar-refractivity contribution is -0.137. The molecule has 2 aromatic rings. The molecule has 0 aliphatic carbocycles. The van der Waals surface area contributed by atoms with E-state index in [-0.39, 0.29) is 18.9 Å². The van der Waals surface area contributed by atoms with Crippen molar-refractivity contribution in [3.05, 3.63) is 57.2 Å². The zero-order valence-corrected chi connectivity index (χ0v) is 15.8. The van der Waals surface area contributed by atoms with Crippen molar-refractivity contribution in [1.82, 2.24) is 10.3 Å². The van der Waals surface area contributed by atoms with Crippen molar-refractivity contribution in [2.75, 3.05) is 6.54 Å². The number of carbonyl (C=O) groups is 3. The highest BCUT2D eigenvalue weighted by molar-refractivity contribution is 7.08. The summed E-state index contributed by atoms with van der Waals surface area (Å²) in [4.78, 5) is 36.1. The normalized spacial score (nSPS) is 15.2. The number of halogens is 1. The topological polar surface area (TPSA) is 105 Å². The van der Waals surface area contributed by atoms with Crippen molar-refractivity contribution in [3.8, 4) is 0 Å². The number of nitrogens with zero attached hydrogens (tertiary/aromatic N) is 2. The van der Waals surface area contributed by atoms with Crippen LogP contribution in [0.1, 0.15) is 30.0 Å². The van der Waals surface area contributed by atoms with E-state index >= 15 is 0 Å². The highest BCUT2D eigenvalue weighted by Gasteiger charge is 2.26. The van der Waals surface area contributed by atoms with Crippen LogP contribution in [0.25, 0.3) is 0 Å². The predicted molar refractivity (Wildman–Crippen MR) is 103 cm³/mol. The molecule has 0 fully saturated rings. The van der Waals surface area contributed by atoms with Crippen molar-refractivity contribution >= 4 is 46.4 Å². The Balaban J connectivity index is 1.71. The van der Waals surface area contributed by atoms with Gasteiger partial charge in [0.1, 0.15) is 12.6 Å². The third kappa shape index (κ3) is 4.72. The molecule has 7 nitrogen and oxygen atoms in total. The van der Waals surface area contributed by atoms with E-state index in [1.54, 1.807) is 29.0 Å². The Morgan fingerprint density at radius 1 is 1.26 bits per heavy atom. The van der Waals surface area contributed by atoms with Crippen molar-refractivity contribution in [3.63, 3.8) is 0 Å². The maximum Gasteiger partial charge on any atom is 0.244 e. The molecule has 140 valence electrons. The number of hydrazone groups is 1. The zero-order valence-electron chi connectivity index (χ0n) is 14.2. The van der Waals surface area contributed by atoms with Gasteiger partial charge in [-0.15, -0.1) is 0 Å². The average molecular weight is 405 g/mol. The minimum Gasteiger partial charge on any atom is -0.368 e. The summed E-state index contributed by atoms with van der Waals surface area (Å²) < 4.78 is 0. The van der Waals surface area contributed by atoms with Gasteiger partial charge in [0.2, 0.25) is 17.7 Å². The van der Waals surface area contributed by atoms with Crippen LogP contribution in [0.2, 0.25) is 5.02 Å². The second-order valence-electron chi connectivity index (χ2n) is 5.96. The van der Waals surface area contributed by atoms with E-state index < -0.39 is 17.9 Å². The Morgan fingerprint density at radius 2 is 2.00 bits per heavy atom. The molecule has 0 bridgehead atoms. The molecular weight excluding hydrogens is 388 g/mol. The molecule has 1 aliphatic heterocycles. The molecule has 1 atom stereocenters. The van der Waals surface area contributed by atoms with Crippen molar-refractivity contribution in [1.29, 1.82) is 0 Å². The van der Waals surface area contributed by atoms with Crippen LogP contribution < -0.4 is 11.1 Å². The monoisotopic (exact) mass is 404 g/mol. The van der Waals surface area contributed by atoms with Gasteiger partial charge in [-0.05, 0) is 40.1 Å². The van der Waals surface area contributed by atoms with Crippen LogP contribution in [0.15, 0.2) is 46.2 Å². The lowest BCUT2D eigenvalue weighted by atomic mass is 10.0. The fraction of sp³-hybridized carbons (Fsp3) is 0.222. The van der Waals surface area contributed by atoms with Gasteiger partial charge in [-0.3, -0.25) is 14.4 Å². The second kappa shape index (κ2) is 8.32. The summed E-state index contributed by atoms with van der Waals surface area (Å²) in [5.41, 5.74) is 7.52. The van der Waals surface area contributed by atoms with Gasteiger partial charge in [0.15, 0.2) is 0 Å². The number of nitrogens with two attached hydrogens (primary N) is 1.